The predicted octanol–water partition coefficient (Wildman–Crippen LogP) is 5.75. The third-order valence-electron chi connectivity index (χ3n) is 3.41. The van der Waals surface area contributed by atoms with Gasteiger partial charge in [-0.1, -0.05) is 89.4 Å². The molecule has 0 aliphatic carbocycles. The van der Waals surface area contributed by atoms with Crippen LogP contribution in [0, 0.1) is 0 Å². The summed E-state index contributed by atoms with van der Waals surface area (Å²) < 4.78 is 20.4. The zero-order chi connectivity index (χ0) is 20.7. The highest BCUT2D eigenvalue weighted by Gasteiger charge is 2.49. The number of alkyl halides is 3. The van der Waals surface area contributed by atoms with Crippen molar-refractivity contribution < 1.29 is 23.7 Å². The lowest BCUT2D eigenvalue weighted by Crippen LogP contribution is -2.53. The van der Waals surface area contributed by atoms with Crippen LogP contribution >= 0.6 is 34.8 Å². The molecule has 0 fully saturated rings. The van der Waals surface area contributed by atoms with Crippen molar-refractivity contribution in [1.82, 2.24) is 0 Å². The van der Waals surface area contributed by atoms with Gasteiger partial charge in [-0.05, 0) is 36.4 Å². The molecule has 0 atom stereocenters. The van der Waals surface area contributed by atoms with Crippen molar-refractivity contribution in [3.8, 4) is 17.2 Å². The first kappa shape index (κ1) is 21.1. The van der Waals surface area contributed by atoms with Crippen molar-refractivity contribution in [2.45, 2.75) is 9.95 Å². The van der Waals surface area contributed by atoms with Crippen LogP contribution in [0.1, 0.15) is 0 Å². The Morgan fingerprint density at radius 2 is 0.897 bits per heavy atom. The predicted molar refractivity (Wildman–Crippen MR) is 110 cm³/mol. The van der Waals surface area contributed by atoms with E-state index in [0.29, 0.717) is 0 Å². The van der Waals surface area contributed by atoms with Crippen LogP contribution in [-0.4, -0.2) is 15.9 Å². The van der Waals surface area contributed by atoms with Gasteiger partial charge in [-0.3, -0.25) is 0 Å². The first-order chi connectivity index (χ1) is 13.9. The van der Waals surface area contributed by atoms with Gasteiger partial charge in [-0.2, -0.15) is 0 Å². The summed E-state index contributed by atoms with van der Waals surface area (Å²) in [6.07, 6.45) is -2.41. The van der Waals surface area contributed by atoms with E-state index in [1.807, 2.05) is 0 Å². The Kier molecular flexibility index (Phi) is 6.75. The molecule has 3 aromatic carbocycles. The number of hydrogen-bond acceptors (Lipinski definition) is 5. The molecule has 0 heterocycles. The molecular weight excluding hydrogens is 439 g/mol. The second-order valence-electron chi connectivity index (χ2n) is 5.63. The number of para-hydroxylation sites is 3. The Labute approximate surface area is 182 Å². The highest BCUT2D eigenvalue weighted by molar-refractivity contribution is 6.75. The molecule has 0 radical (unpaired) electrons. The number of hydrogen-bond donors (Lipinski definition) is 0. The van der Waals surface area contributed by atoms with Crippen molar-refractivity contribution in [2.24, 2.45) is 0 Å². The lowest BCUT2D eigenvalue weighted by atomic mass is 10.3. The van der Waals surface area contributed by atoms with Crippen LogP contribution in [0.2, 0.25) is 0 Å². The number of rotatable bonds is 7. The maximum absolute atomic E-state index is 12.4. The van der Waals surface area contributed by atoms with E-state index >= 15 is 0 Å². The fourth-order valence-corrected chi connectivity index (χ4v) is 2.31. The van der Waals surface area contributed by atoms with Gasteiger partial charge in [-0.25, -0.2) is 4.79 Å². The molecule has 0 aliphatic heterocycles. The minimum absolute atomic E-state index is 0.288. The molecule has 0 bridgehead atoms. The molecule has 150 valence electrons. The third kappa shape index (κ3) is 6.19. The van der Waals surface area contributed by atoms with Gasteiger partial charge in [0, 0.05) is 0 Å². The summed E-state index contributed by atoms with van der Waals surface area (Å²) in [6.45, 7) is 0. The molecule has 3 rings (SSSR count). The summed E-state index contributed by atoms with van der Waals surface area (Å²) in [6, 6.07) is 25.5. The van der Waals surface area contributed by atoms with Crippen molar-refractivity contribution >= 4 is 40.8 Å². The quantitative estimate of drug-likeness (QED) is 0.259. The number of carbonyl (C=O) groups excluding carboxylic acids is 1. The molecule has 0 unspecified atom stereocenters. The van der Waals surface area contributed by atoms with Gasteiger partial charge in [0.05, 0.1) is 0 Å². The monoisotopic (exact) mass is 452 g/mol. The number of carbonyl (C=O) groups is 1. The van der Waals surface area contributed by atoms with Crippen molar-refractivity contribution in [3.63, 3.8) is 0 Å². The van der Waals surface area contributed by atoms with E-state index in [-0.39, 0.29) is 17.2 Å². The second kappa shape index (κ2) is 9.27. The van der Waals surface area contributed by atoms with Gasteiger partial charge in [0.1, 0.15) is 17.2 Å². The Balaban J connectivity index is 2.03. The molecule has 0 spiro atoms. The second-order valence-corrected chi connectivity index (χ2v) is 7.91. The van der Waals surface area contributed by atoms with E-state index in [1.54, 1.807) is 91.0 Å². The molecule has 0 N–H and O–H groups in total. The van der Waals surface area contributed by atoms with Crippen LogP contribution in [-0.2, 0) is 9.53 Å². The molecule has 5 nitrogen and oxygen atoms in total. The van der Waals surface area contributed by atoms with E-state index < -0.39 is 15.9 Å². The third-order valence-corrected chi connectivity index (χ3v) is 3.87. The first-order valence-electron chi connectivity index (χ1n) is 8.39. The van der Waals surface area contributed by atoms with Gasteiger partial charge in [-0.15, -0.1) is 0 Å². The lowest BCUT2D eigenvalue weighted by molar-refractivity contribution is -0.386. The lowest BCUT2D eigenvalue weighted by Gasteiger charge is -2.32. The molecule has 0 aromatic heterocycles. The molecule has 0 amide bonds. The molecule has 8 heteroatoms. The van der Waals surface area contributed by atoms with Gasteiger partial charge in [0.15, 0.2) is 0 Å². The maximum atomic E-state index is 12.4. The van der Waals surface area contributed by atoms with E-state index in [2.05, 4.69) is 0 Å². The number of halogens is 3. The zero-order valence-electron chi connectivity index (χ0n) is 14.8. The number of ether oxygens (including phenoxy) is 4. The fraction of sp³-hybridized carbons (Fsp3) is 0.0952. The number of benzene rings is 3. The van der Waals surface area contributed by atoms with Crippen LogP contribution < -0.4 is 14.2 Å². The average molecular weight is 454 g/mol. The largest absolute Gasteiger partial charge is 0.613 e. The molecule has 29 heavy (non-hydrogen) atoms. The smallest absolute Gasteiger partial charge is 0.386 e. The van der Waals surface area contributed by atoms with E-state index in [0.717, 1.165) is 0 Å². The van der Waals surface area contributed by atoms with Crippen LogP contribution in [0.25, 0.3) is 0 Å². The van der Waals surface area contributed by atoms with Crippen LogP contribution in [0.15, 0.2) is 91.0 Å². The van der Waals surface area contributed by atoms with E-state index in [9.17, 15) is 4.79 Å². The van der Waals surface area contributed by atoms with Crippen LogP contribution in [0.5, 0.6) is 17.2 Å². The minimum Gasteiger partial charge on any atom is -0.386 e. The number of esters is 1. The van der Waals surface area contributed by atoms with Gasteiger partial charge in [0.25, 0.3) is 3.79 Å². The van der Waals surface area contributed by atoms with E-state index in [1.165, 1.54) is 0 Å². The zero-order valence-corrected chi connectivity index (χ0v) is 17.1. The Hall–Kier alpha value is -2.60. The van der Waals surface area contributed by atoms with E-state index in [4.69, 9.17) is 53.8 Å². The Morgan fingerprint density at radius 3 is 1.17 bits per heavy atom. The summed E-state index contributed by atoms with van der Waals surface area (Å²) in [5.41, 5.74) is 0. The maximum Gasteiger partial charge on any atom is 0.613 e. The average Bonchev–Trinajstić information content (AvgIpc) is 2.69. The highest BCUT2D eigenvalue weighted by atomic mass is 35.6. The standard InChI is InChI=1S/C21H15Cl3O5/c22-20(23,24)19(25)29-21(26-16-10-4-1-5-11-16,27-17-12-6-2-7-13-17)28-18-14-8-3-9-15-18/h1-15H. The minimum atomic E-state index is -2.41. The van der Waals surface area contributed by atoms with Crippen molar-refractivity contribution in [3.05, 3.63) is 91.0 Å². The Bertz CT molecular complexity index is 814. The molecule has 3 aromatic rings. The summed E-state index contributed by atoms with van der Waals surface area (Å²) in [7, 11) is 0. The van der Waals surface area contributed by atoms with Crippen molar-refractivity contribution in [1.29, 1.82) is 0 Å². The molecule has 0 saturated heterocycles. The van der Waals surface area contributed by atoms with Crippen LogP contribution in [0.3, 0.4) is 0 Å². The summed E-state index contributed by atoms with van der Waals surface area (Å²) >= 11 is 17.1. The normalized spacial score (nSPS) is 11.4. The summed E-state index contributed by atoms with van der Waals surface area (Å²) in [5, 5.41) is 0. The van der Waals surface area contributed by atoms with Gasteiger partial charge >= 0.3 is 12.1 Å². The van der Waals surface area contributed by atoms with Gasteiger partial charge < -0.3 is 18.9 Å². The highest BCUT2D eigenvalue weighted by Crippen LogP contribution is 2.33. The first-order valence-corrected chi connectivity index (χ1v) is 9.52. The van der Waals surface area contributed by atoms with Crippen LogP contribution in [0.4, 0.5) is 0 Å². The fourth-order valence-electron chi connectivity index (χ4n) is 2.20. The van der Waals surface area contributed by atoms with Crippen molar-refractivity contribution in [2.75, 3.05) is 0 Å². The molecular formula is C21H15Cl3O5. The SMILES string of the molecule is O=C(OC(Oc1ccccc1)(Oc1ccccc1)Oc1ccccc1)C(Cl)(Cl)Cl. The topological polar surface area (TPSA) is 54.0 Å². The van der Waals surface area contributed by atoms with Gasteiger partial charge in [0.2, 0.25) is 0 Å². The molecule has 0 saturated carbocycles. The summed E-state index contributed by atoms with van der Waals surface area (Å²) in [5.74, 6) is -0.380. The Morgan fingerprint density at radius 1 is 0.586 bits per heavy atom. The summed E-state index contributed by atoms with van der Waals surface area (Å²) in [4.78, 5) is 12.4. The molecule has 0 aliphatic rings.